The first-order valence-corrected chi connectivity index (χ1v) is 6.57. The Hall–Kier alpha value is -2.50. The average Bonchev–Trinajstić information content (AvgIpc) is 2.45. The van der Waals surface area contributed by atoms with E-state index >= 15 is 0 Å². The van der Waals surface area contributed by atoms with Gasteiger partial charge in [-0.25, -0.2) is 4.79 Å². The molecule has 0 atom stereocenters. The summed E-state index contributed by atoms with van der Waals surface area (Å²) in [5.74, 6) is 0. The number of hydrogen-bond donors (Lipinski definition) is 0. The maximum absolute atomic E-state index is 13.1. The fraction of sp³-hybridized carbons (Fsp3) is 0.0625. The molecular formula is C16H10BF3O2. The largest absolute Gasteiger partial charge is 0.422 e. The molecule has 0 N–H and O–H groups in total. The molecule has 110 valence electrons. The lowest BCUT2D eigenvalue weighted by Crippen LogP contribution is -2.11. The van der Waals surface area contributed by atoms with Crippen LogP contribution in [-0.4, -0.2) is 7.85 Å². The third kappa shape index (κ3) is 2.52. The Morgan fingerprint density at radius 3 is 2.41 bits per heavy atom. The lowest BCUT2D eigenvalue weighted by molar-refractivity contribution is -0.137. The minimum absolute atomic E-state index is 0.0933. The Morgan fingerprint density at radius 1 is 0.955 bits per heavy atom. The number of benzene rings is 2. The molecule has 3 rings (SSSR count). The molecule has 0 bridgehead atoms. The molecule has 0 spiro atoms. The van der Waals surface area contributed by atoms with Gasteiger partial charge in [-0.1, -0.05) is 35.8 Å². The quantitative estimate of drug-likeness (QED) is 0.511. The minimum atomic E-state index is -4.54. The van der Waals surface area contributed by atoms with Gasteiger partial charge in [-0.2, -0.15) is 13.2 Å². The Labute approximate surface area is 124 Å². The summed E-state index contributed by atoms with van der Waals surface area (Å²) in [6.45, 7) is 0. The molecule has 0 radical (unpaired) electrons. The minimum Gasteiger partial charge on any atom is -0.422 e. The van der Waals surface area contributed by atoms with E-state index in [9.17, 15) is 18.0 Å². The van der Waals surface area contributed by atoms with Crippen molar-refractivity contribution < 1.29 is 17.6 Å². The summed E-state index contributed by atoms with van der Waals surface area (Å²) in [5, 5.41) is 0.581. The van der Waals surface area contributed by atoms with Crippen molar-refractivity contribution in [1.82, 2.24) is 0 Å². The van der Waals surface area contributed by atoms with E-state index in [4.69, 9.17) is 4.42 Å². The summed E-state index contributed by atoms with van der Waals surface area (Å²) in [6.07, 6.45) is -4.54. The van der Waals surface area contributed by atoms with Gasteiger partial charge in [0.1, 0.15) is 13.4 Å². The normalized spacial score (nSPS) is 11.8. The van der Waals surface area contributed by atoms with Gasteiger partial charge in [-0.05, 0) is 18.2 Å². The third-order valence-electron chi connectivity index (χ3n) is 3.41. The Balaban J connectivity index is 2.30. The van der Waals surface area contributed by atoms with Crippen molar-refractivity contribution in [3.8, 4) is 11.1 Å². The van der Waals surface area contributed by atoms with Gasteiger partial charge >= 0.3 is 11.8 Å². The summed E-state index contributed by atoms with van der Waals surface area (Å²) in [7, 11) is 1.84. The SMILES string of the molecule is Bc1ccc2cc(-c3ccccc3C(F)(F)F)c(=O)oc2c1. The van der Waals surface area contributed by atoms with E-state index in [0.29, 0.717) is 11.0 Å². The maximum Gasteiger partial charge on any atom is 0.417 e. The van der Waals surface area contributed by atoms with Crippen molar-refractivity contribution in [2.45, 2.75) is 6.18 Å². The van der Waals surface area contributed by atoms with Crippen molar-refractivity contribution in [3.05, 3.63) is 64.5 Å². The first-order valence-electron chi connectivity index (χ1n) is 6.57. The molecule has 0 aliphatic carbocycles. The average molecular weight is 302 g/mol. The molecule has 0 fully saturated rings. The van der Waals surface area contributed by atoms with Crippen LogP contribution >= 0.6 is 0 Å². The molecule has 3 aromatic rings. The zero-order valence-electron chi connectivity index (χ0n) is 11.6. The molecule has 6 heteroatoms. The monoisotopic (exact) mass is 302 g/mol. The smallest absolute Gasteiger partial charge is 0.417 e. The number of hydrogen-bond acceptors (Lipinski definition) is 2. The Bertz CT molecular complexity index is 913. The van der Waals surface area contributed by atoms with Crippen molar-refractivity contribution in [2.75, 3.05) is 0 Å². The van der Waals surface area contributed by atoms with E-state index in [0.717, 1.165) is 11.5 Å². The molecule has 2 nitrogen and oxygen atoms in total. The number of alkyl halides is 3. The van der Waals surface area contributed by atoms with Crippen molar-refractivity contribution in [1.29, 1.82) is 0 Å². The predicted octanol–water partition coefficient (Wildman–Crippen LogP) is 2.74. The van der Waals surface area contributed by atoms with Crippen LogP contribution in [0.1, 0.15) is 5.56 Å². The number of fused-ring (bicyclic) bond motifs is 1. The maximum atomic E-state index is 13.1. The highest BCUT2D eigenvalue weighted by atomic mass is 19.4. The van der Waals surface area contributed by atoms with Gasteiger partial charge < -0.3 is 4.42 Å². The fourth-order valence-corrected chi connectivity index (χ4v) is 2.37. The van der Waals surface area contributed by atoms with E-state index in [1.54, 1.807) is 12.1 Å². The van der Waals surface area contributed by atoms with Crippen LogP contribution in [0.5, 0.6) is 0 Å². The molecule has 1 heterocycles. The summed E-state index contributed by atoms with van der Waals surface area (Å²) in [4.78, 5) is 12.1. The molecule has 0 aliphatic rings. The van der Waals surface area contributed by atoms with Crippen LogP contribution in [0.15, 0.2) is 57.7 Å². The molecule has 0 saturated heterocycles. The summed E-state index contributed by atoms with van der Waals surface area (Å²) >= 11 is 0. The van der Waals surface area contributed by atoms with Crippen LogP contribution in [-0.2, 0) is 6.18 Å². The first kappa shape index (κ1) is 14.4. The van der Waals surface area contributed by atoms with Crippen LogP contribution in [0.4, 0.5) is 13.2 Å². The lowest BCUT2D eigenvalue weighted by Gasteiger charge is -2.12. The summed E-state index contributed by atoms with van der Waals surface area (Å²) in [5.41, 5.74) is -0.642. The van der Waals surface area contributed by atoms with Crippen LogP contribution < -0.4 is 11.1 Å². The number of halogens is 3. The van der Waals surface area contributed by atoms with Crippen molar-refractivity contribution in [3.63, 3.8) is 0 Å². The second-order valence-corrected chi connectivity index (χ2v) is 5.03. The number of rotatable bonds is 1. The second kappa shape index (κ2) is 5.05. The van der Waals surface area contributed by atoms with Gasteiger partial charge in [-0.3, -0.25) is 0 Å². The van der Waals surface area contributed by atoms with Gasteiger partial charge in [0.25, 0.3) is 0 Å². The van der Waals surface area contributed by atoms with E-state index in [-0.39, 0.29) is 11.1 Å². The van der Waals surface area contributed by atoms with Gasteiger partial charge in [0.05, 0.1) is 11.1 Å². The van der Waals surface area contributed by atoms with Crippen molar-refractivity contribution in [2.24, 2.45) is 0 Å². The second-order valence-electron chi connectivity index (χ2n) is 5.03. The van der Waals surface area contributed by atoms with Gasteiger partial charge in [0, 0.05) is 10.9 Å². The molecule has 1 aromatic heterocycles. The van der Waals surface area contributed by atoms with E-state index in [1.165, 1.54) is 24.3 Å². The Kier molecular flexibility index (Phi) is 3.32. The summed E-state index contributed by atoms with van der Waals surface area (Å²) in [6, 6.07) is 11.6. The van der Waals surface area contributed by atoms with E-state index in [2.05, 4.69) is 0 Å². The predicted molar refractivity (Wildman–Crippen MR) is 81.1 cm³/mol. The highest BCUT2D eigenvalue weighted by Crippen LogP contribution is 2.36. The van der Waals surface area contributed by atoms with Crippen molar-refractivity contribution >= 4 is 24.3 Å². The van der Waals surface area contributed by atoms with Crippen LogP contribution in [0.2, 0.25) is 0 Å². The standard InChI is InChI=1S/C16H10BF3O2/c17-10-6-5-9-7-12(15(21)22-14(9)8-10)11-3-1-2-4-13(11)16(18,19)20/h1-8H,17H2. The fourth-order valence-electron chi connectivity index (χ4n) is 2.37. The Morgan fingerprint density at radius 2 is 1.68 bits per heavy atom. The first-order chi connectivity index (χ1) is 10.4. The molecule has 0 unspecified atom stereocenters. The molecule has 0 amide bonds. The van der Waals surface area contributed by atoms with E-state index in [1.807, 2.05) is 13.9 Å². The van der Waals surface area contributed by atoms with Crippen LogP contribution in [0.3, 0.4) is 0 Å². The van der Waals surface area contributed by atoms with Crippen LogP contribution in [0.25, 0.3) is 22.1 Å². The third-order valence-corrected chi connectivity index (χ3v) is 3.41. The lowest BCUT2D eigenvalue weighted by atomic mass is 9.94. The van der Waals surface area contributed by atoms with Gasteiger partial charge in [0.15, 0.2) is 0 Å². The molecule has 2 aromatic carbocycles. The highest BCUT2D eigenvalue weighted by Gasteiger charge is 2.34. The summed E-state index contributed by atoms with van der Waals surface area (Å²) < 4.78 is 44.5. The van der Waals surface area contributed by atoms with Crippen LogP contribution in [0, 0.1) is 0 Å². The topological polar surface area (TPSA) is 30.2 Å². The molecular weight excluding hydrogens is 292 g/mol. The zero-order valence-corrected chi connectivity index (χ0v) is 11.6. The molecule has 22 heavy (non-hydrogen) atoms. The van der Waals surface area contributed by atoms with Gasteiger partial charge in [-0.15, -0.1) is 0 Å². The van der Waals surface area contributed by atoms with Gasteiger partial charge in [0.2, 0.25) is 0 Å². The molecule has 0 saturated carbocycles. The van der Waals surface area contributed by atoms with E-state index < -0.39 is 17.4 Å². The molecule has 0 aliphatic heterocycles. The highest BCUT2D eigenvalue weighted by molar-refractivity contribution is 6.33. The zero-order chi connectivity index (χ0) is 15.9.